The van der Waals surface area contributed by atoms with E-state index in [4.69, 9.17) is 15.5 Å². The third-order valence-electron chi connectivity index (χ3n) is 6.17. The zero-order valence-electron chi connectivity index (χ0n) is 19.4. The number of fused-ring (bicyclic) bond motifs is 3. The topological polar surface area (TPSA) is 86.3 Å². The van der Waals surface area contributed by atoms with Crippen LogP contribution in [0.4, 0.5) is 5.82 Å². The number of pyridine rings is 1. The van der Waals surface area contributed by atoms with Gasteiger partial charge in [0.1, 0.15) is 5.52 Å². The largest absolute Gasteiger partial charge is 0.465 e. The fourth-order valence-corrected chi connectivity index (χ4v) is 5.35. The molecule has 2 aromatic heterocycles. The summed E-state index contributed by atoms with van der Waals surface area (Å²) in [4.78, 5) is 23.9. The highest BCUT2D eigenvalue weighted by Gasteiger charge is 2.19. The van der Waals surface area contributed by atoms with Crippen LogP contribution in [0.25, 0.3) is 21.9 Å². The lowest BCUT2D eigenvalue weighted by atomic mass is 10.1. The molecule has 0 amide bonds. The maximum absolute atomic E-state index is 12.0. The number of likely N-dealkylation sites (tertiary alicyclic amines) is 1. The number of hydrogen-bond donors (Lipinski definition) is 1. The molecule has 34 heavy (non-hydrogen) atoms. The van der Waals surface area contributed by atoms with E-state index in [1.165, 1.54) is 48.8 Å². The molecule has 3 heterocycles. The van der Waals surface area contributed by atoms with Gasteiger partial charge >= 0.3 is 5.97 Å². The molecule has 4 aromatic rings. The molecular weight excluding hydrogens is 446 g/mol. The summed E-state index contributed by atoms with van der Waals surface area (Å²) in [7, 11) is 0. The van der Waals surface area contributed by atoms with Gasteiger partial charge in [-0.2, -0.15) is 0 Å². The quantitative estimate of drug-likeness (QED) is 0.297. The number of nitrogens with two attached hydrogens (primary N) is 1. The van der Waals surface area contributed by atoms with E-state index in [0.29, 0.717) is 24.5 Å². The van der Waals surface area contributed by atoms with Gasteiger partial charge in [-0.25, -0.2) is 9.97 Å². The van der Waals surface area contributed by atoms with Crippen molar-refractivity contribution in [2.24, 2.45) is 0 Å². The van der Waals surface area contributed by atoms with Crippen molar-refractivity contribution in [3.63, 3.8) is 0 Å². The summed E-state index contributed by atoms with van der Waals surface area (Å²) in [6.45, 7) is 6.17. The van der Waals surface area contributed by atoms with Crippen molar-refractivity contribution >= 4 is 45.5 Å². The summed E-state index contributed by atoms with van der Waals surface area (Å²) in [6, 6.07) is 16.8. The molecule has 1 fully saturated rings. The molecule has 7 nitrogen and oxygen atoms in total. The van der Waals surface area contributed by atoms with Crippen LogP contribution in [0.1, 0.15) is 30.9 Å². The number of hydrogen-bond acceptors (Lipinski definition) is 7. The van der Waals surface area contributed by atoms with E-state index in [0.717, 1.165) is 28.1 Å². The van der Waals surface area contributed by atoms with E-state index in [9.17, 15) is 4.79 Å². The fourth-order valence-electron chi connectivity index (χ4n) is 4.55. The molecule has 0 spiro atoms. The Kier molecular flexibility index (Phi) is 6.69. The SMILES string of the molecule is CCOC(=O)CSc1nc2c(N)nc3ccccc3c2n1Cc1ccc(CN2CCCC2)cc1. The average molecular weight is 476 g/mol. The van der Waals surface area contributed by atoms with Gasteiger partial charge in [0, 0.05) is 11.9 Å². The summed E-state index contributed by atoms with van der Waals surface area (Å²) in [5, 5.41) is 1.72. The summed E-state index contributed by atoms with van der Waals surface area (Å²) < 4.78 is 7.27. The molecular formula is C26H29N5O2S. The van der Waals surface area contributed by atoms with E-state index in [2.05, 4.69) is 38.7 Å². The highest BCUT2D eigenvalue weighted by molar-refractivity contribution is 7.99. The zero-order valence-corrected chi connectivity index (χ0v) is 20.2. The van der Waals surface area contributed by atoms with E-state index >= 15 is 0 Å². The minimum atomic E-state index is -0.256. The molecule has 0 radical (unpaired) electrons. The maximum atomic E-state index is 12.0. The number of thioether (sulfide) groups is 1. The molecule has 0 saturated carbocycles. The molecule has 0 unspecified atom stereocenters. The van der Waals surface area contributed by atoms with Crippen molar-refractivity contribution in [2.75, 3.05) is 31.2 Å². The molecule has 1 saturated heterocycles. The Hall–Kier alpha value is -3.10. The Morgan fingerprint density at radius 1 is 1.03 bits per heavy atom. The minimum Gasteiger partial charge on any atom is -0.465 e. The second-order valence-electron chi connectivity index (χ2n) is 8.59. The lowest BCUT2D eigenvalue weighted by Crippen LogP contribution is -2.18. The van der Waals surface area contributed by atoms with Gasteiger partial charge in [-0.1, -0.05) is 54.2 Å². The Morgan fingerprint density at radius 2 is 1.74 bits per heavy atom. The summed E-state index contributed by atoms with van der Waals surface area (Å²) in [5.41, 5.74) is 11.2. The first-order valence-electron chi connectivity index (χ1n) is 11.8. The fraction of sp³-hybridized carbons (Fsp3) is 0.346. The van der Waals surface area contributed by atoms with Gasteiger partial charge < -0.3 is 15.0 Å². The van der Waals surface area contributed by atoms with Crippen LogP contribution in [0.15, 0.2) is 53.7 Å². The third-order valence-corrected chi connectivity index (χ3v) is 7.12. The molecule has 0 aliphatic carbocycles. The van der Waals surface area contributed by atoms with Crippen molar-refractivity contribution in [2.45, 2.75) is 38.0 Å². The van der Waals surface area contributed by atoms with Crippen LogP contribution in [0.5, 0.6) is 0 Å². The van der Waals surface area contributed by atoms with Crippen LogP contribution < -0.4 is 5.73 Å². The monoisotopic (exact) mass is 475 g/mol. The molecule has 0 atom stereocenters. The van der Waals surface area contributed by atoms with Crippen LogP contribution in [-0.4, -0.2) is 50.9 Å². The number of carbonyl (C=O) groups is 1. The van der Waals surface area contributed by atoms with E-state index in [1.807, 2.05) is 31.2 Å². The number of rotatable bonds is 8. The van der Waals surface area contributed by atoms with Crippen molar-refractivity contribution in [3.8, 4) is 0 Å². The van der Waals surface area contributed by atoms with Gasteiger partial charge in [-0.15, -0.1) is 0 Å². The minimum absolute atomic E-state index is 0.192. The molecule has 1 aliphatic heterocycles. The van der Waals surface area contributed by atoms with Gasteiger partial charge in [0.2, 0.25) is 0 Å². The predicted octanol–water partition coefficient (Wildman–Crippen LogP) is 4.47. The van der Waals surface area contributed by atoms with Gasteiger partial charge in [-0.05, 0) is 50.0 Å². The van der Waals surface area contributed by atoms with Crippen LogP contribution in [0.3, 0.4) is 0 Å². The Bertz CT molecular complexity index is 1310. The smallest absolute Gasteiger partial charge is 0.316 e. The van der Waals surface area contributed by atoms with Gasteiger partial charge in [0.15, 0.2) is 11.0 Å². The van der Waals surface area contributed by atoms with Crippen LogP contribution in [-0.2, 0) is 22.6 Å². The molecule has 1 aliphatic rings. The Morgan fingerprint density at radius 3 is 2.47 bits per heavy atom. The van der Waals surface area contributed by atoms with E-state index in [1.54, 1.807) is 0 Å². The average Bonchev–Trinajstić information content (AvgIpc) is 3.48. The molecule has 176 valence electrons. The van der Waals surface area contributed by atoms with Crippen LogP contribution in [0.2, 0.25) is 0 Å². The first-order chi connectivity index (χ1) is 16.6. The van der Waals surface area contributed by atoms with Gasteiger partial charge in [0.25, 0.3) is 0 Å². The number of imidazole rings is 1. The number of para-hydroxylation sites is 1. The second-order valence-corrected chi connectivity index (χ2v) is 9.53. The number of carbonyl (C=O) groups excluding carboxylic acids is 1. The molecule has 2 N–H and O–H groups in total. The molecule has 8 heteroatoms. The molecule has 0 bridgehead atoms. The van der Waals surface area contributed by atoms with E-state index in [-0.39, 0.29) is 11.7 Å². The number of esters is 1. The Labute approximate surface area is 203 Å². The highest BCUT2D eigenvalue weighted by atomic mass is 32.2. The standard InChI is InChI=1S/C26H29N5O2S/c1-2-33-22(32)17-34-26-29-23-24(20-7-3-4-8-21(20)28-25(23)27)31(26)16-19-11-9-18(10-12-19)15-30-13-5-6-14-30/h3-4,7-12H,2,5-6,13-17H2,1H3,(H2,27,28). The van der Waals surface area contributed by atoms with Crippen molar-refractivity contribution in [1.82, 2.24) is 19.4 Å². The van der Waals surface area contributed by atoms with Crippen molar-refractivity contribution in [1.29, 1.82) is 0 Å². The van der Waals surface area contributed by atoms with Gasteiger partial charge in [-0.3, -0.25) is 9.69 Å². The van der Waals surface area contributed by atoms with Crippen LogP contribution in [0, 0.1) is 0 Å². The summed E-state index contributed by atoms with van der Waals surface area (Å²) in [6.07, 6.45) is 2.59. The Balaban J connectivity index is 1.50. The number of nitrogen functional groups attached to an aromatic ring is 1. The number of nitrogens with zero attached hydrogens (tertiary/aromatic N) is 4. The summed E-state index contributed by atoms with van der Waals surface area (Å²) >= 11 is 1.37. The first-order valence-corrected chi connectivity index (χ1v) is 12.7. The normalized spacial score (nSPS) is 14.3. The number of aromatic nitrogens is 3. The van der Waals surface area contributed by atoms with Crippen LogP contribution >= 0.6 is 11.8 Å². The predicted molar refractivity (Wildman–Crippen MR) is 137 cm³/mol. The highest BCUT2D eigenvalue weighted by Crippen LogP contribution is 2.33. The molecule has 5 rings (SSSR count). The third kappa shape index (κ3) is 4.74. The lowest BCUT2D eigenvalue weighted by molar-refractivity contribution is -0.139. The lowest BCUT2D eigenvalue weighted by Gasteiger charge is -2.15. The van der Waals surface area contributed by atoms with Gasteiger partial charge in [0.05, 0.1) is 29.9 Å². The molecule has 2 aromatic carbocycles. The van der Waals surface area contributed by atoms with E-state index < -0.39 is 0 Å². The van der Waals surface area contributed by atoms with Crippen molar-refractivity contribution in [3.05, 3.63) is 59.7 Å². The maximum Gasteiger partial charge on any atom is 0.316 e. The first kappa shape index (κ1) is 22.7. The summed E-state index contributed by atoms with van der Waals surface area (Å²) in [5.74, 6) is 0.330. The number of benzene rings is 2. The second kappa shape index (κ2) is 10.0. The number of anilines is 1. The zero-order chi connectivity index (χ0) is 23.5. The van der Waals surface area contributed by atoms with Crippen molar-refractivity contribution < 1.29 is 9.53 Å². The number of ether oxygens (including phenoxy) is 1.